The van der Waals surface area contributed by atoms with Gasteiger partial charge in [-0.25, -0.2) is 4.98 Å². The number of amides is 2. The molecule has 0 radical (unpaired) electrons. The highest BCUT2D eigenvalue weighted by atomic mass is 19.4. The van der Waals surface area contributed by atoms with Gasteiger partial charge in [0.25, 0.3) is 5.91 Å². The van der Waals surface area contributed by atoms with Crippen molar-refractivity contribution < 1.29 is 37.1 Å². The number of aromatic nitrogens is 1. The first-order valence-electron chi connectivity index (χ1n) is 13.7. The Bertz CT molecular complexity index is 1390. The number of carboxylic acids is 1. The summed E-state index contributed by atoms with van der Waals surface area (Å²) in [6.07, 6.45) is -1.09. The van der Waals surface area contributed by atoms with Gasteiger partial charge in [0, 0.05) is 30.3 Å². The molecule has 2 aromatic carbocycles. The van der Waals surface area contributed by atoms with E-state index in [0.29, 0.717) is 50.0 Å². The van der Waals surface area contributed by atoms with Gasteiger partial charge in [-0.05, 0) is 74.3 Å². The molecule has 41 heavy (non-hydrogen) atoms. The summed E-state index contributed by atoms with van der Waals surface area (Å²) in [5.41, 5.74) is 0.815. The number of anilines is 1. The SMILES string of the molecule is O=C(Nc1ccc(C2CCN(C(=O)[C@H]3CC[C@@H](C(=O)O)CC3)CC2)cc1)c1nc(-c2ccccc2)oc1C(F)(F)F. The molecule has 8 nitrogen and oxygen atoms in total. The predicted molar refractivity (Wildman–Crippen MR) is 143 cm³/mol. The molecule has 216 valence electrons. The molecule has 1 aromatic heterocycles. The molecule has 2 amide bonds. The highest BCUT2D eigenvalue weighted by molar-refractivity contribution is 6.04. The number of piperidine rings is 1. The van der Waals surface area contributed by atoms with Crippen molar-refractivity contribution in [2.75, 3.05) is 18.4 Å². The van der Waals surface area contributed by atoms with Crippen molar-refractivity contribution in [2.24, 2.45) is 11.8 Å². The predicted octanol–water partition coefficient (Wildman–Crippen LogP) is 6.21. The van der Waals surface area contributed by atoms with Gasteiger partial charge in [0.15, 0.2) is 5.69 Å². The number of aliphatic carboxylic acids is 1. The van der Waals surface area contributed by atoms with Crippen molar-refractivity contribution in [1.29, 1.82) is 0 Å². The number of carbonyl (C=O) groups is 3. The van der Waals surface area contributed by atoms with Gasteiger partial charge in [-0.1, -0.05) is 30.3 Å². The van der Waals surface area contributed by atoms with Crippen molar-refractivity contribution in [3.8, 4) is 11.5 Å². The number of benzene rings is 2. The summed E-state index contributed by atoms with van der Waals surface area (Å²) in [5, 5.41) is 11.7. The monoisotopic (exact) mass is 569 g/mol. The molecule has 0 spiro atoms. The van der Waals surface area contributed by atoms with Gasteiger partial charge in [-0.15, -0.1) is 0 Å². The molecule has 0 atom stereocenters. The van der Waals surface area contributed by atoms with Crippen LogP contribution in [0.15, 0.2) is 59.0 Å². The van der Waals surface area contributed by atoms with E-state index in [-0.39, 0.29) is 29.6 Å². The smallest absolute Gasteiger partial charge is 0.452 e. The molecule has 3 aromatic rings. The zero-order valence-electron chi connectivity index (χ0n) is 22.2. The second-order valence-electron chi connectivity index (χ2n) is 10.6. The van der Waals surface area contributed by atoms with Crippen LogP contribution >= 0.6 is 0 Å². The van der Waals surface area contributed by atoms with Crippen LogP contribution in [0.3, 0.4) is 0 Å². The zero-order valence-corrected chi connectivity index (χ0v) is 22.2. The van der Waals surface area contributed by atoms with Gasteiger partial charge in [0.05, 0.1) is 5.92 Å². The minimum Gasteiger partial charge on any atom is -0.481 e. The fourth-order valence-electron chi connectivity index (χ4n) is 5.68. The number of rotatable bonds is 6. The lowest BCUT2D eigenvalue weighted by Gasteiger charge is -2.36. The maximum Gasteiger partial charge on any atom is 0.452 e. The molecule has 0 unspecified atom stereocenters. The molecule has 2 heterocycles. The third kappa shape index (κ3) is 6.44. The van der Waals surface area contributed by atoms with Crippen molar-refractivity contribution >= 4 is 23.5 Å². The Morgan fingerprint density at radius 1 is 0.878 bits per heavy atom. The Labute approximate surface area is 234 Å². The van der Waals surface area contributed by atoms with Crippen LogP contribution in [-0.4, -0.2) is 45.9 Å². The minimum absolute atomic E-state index is 0.104. The first-order chi connectivity index (χ1) is 19.6. The molecule has 1 aliphatic carbocycles. The lowest BCUT2D eigenvalue weighted by Crippen LogP contribution is -2.42. The molecular formula is C30H30F3N3O5. The molecule has 1 saturated carbocycles. The van der Waals surface area contributed by atoms with Crippen molar-refractivity contribution in [3.63, 3.8) is 0 Å². The maximum absolute atomic E-state index is 13.6. The number of likely N-dealkylation sites (tertiary alicyclic amines) is 1. The van der Waals surface area contributed by atoms with Gasteiger partial charge in [-0.3, -0.25) is 14.4 Å². The van der Waals surface area contributed by atoms with Crippen LogP contribution in [0.2, 0.25) is 0 Å². The van der Waals surface area contributed by atoms with Gasteiger partial charge in [-0.2, -0.15) is 13.2 Å². The Morgan fingerprint density at radius 2 is 1.49 bits per heavy atom. The Kier molecular flexibility index (Phi) is 8.14. The fraction of sp³-hybridized carbons (Fsp3) is 0.400. The highest BCUT2D eigenvalue weighted by Crippen LogP contribution is 2.36. The number of oxazole rings is 1. The van der Waals surface area contributed by atoms with Gasteiger partial charge < -0.3 is 19.7 Å². The van der Waals surface area contributed by atoms with E-state index in [1.807, 2.05) is 17.0 Å². The van der Waals surface area contributed by atoms with E-state index in [4.69, 9.17) is 4.42 Å². The van der Waals surface area contributed by atoms with Crippen LogP contribution in [0.4, 0.5) is 18.9 Å². The first kappa shape index (κ1) is 28.4. The number of halogens is 3. The van der Waals surface area contributed by atoms with Crippen LogP contribution in [0.5, 0.6) is 0 Å². The van der Waals surface area contributed by atoms with E-state index in [9.17, 15) is 32.7 Å². The van der Waals surface area contributed by atoms with E-state index in [0.717, 1.165) is 18.4 Å². The average Bonchev–Trinajstić information content (AvgIpc) is 3.45. The number of carbonyl (C=O) groups excluding carboxylic acids is 2. The fourth-order valence-corrected chi connectivity index (χ4v) is 5.68. The van der Waals surface area contributed by atoms with E-state index >= 15 is 0 Å². The van der Waals surface area contributed by atoms with Crippen LogP contribution in [0.25, 0.3) is 11.5 Å². The zero-order chi connectivity index (χ0) is 29.1. The maximum atomic E-state index is 13.6. The number of carboxylic acid groups (broad SMARTS) is 1. The second kappa shape index (κ2) is 11.8. The third-order valence-electron chi connectivity index (χ3n) is 7.99. The lowest BCUT2D eigenvalue weighted by molar-refractivity contribution is -0.153. The largest absolute Gasteiger partial charge is 0.481 e. The summed E-state index contributed by atoms with van der Waals surface area (Å²) in [6.45, 7) is 1.22. The molecule has 0 bridgehead atoms. The highest BCUT2D eigenvalue weighted by Gasteiger charge is 2.42. The average molecular weight is 570 g/mol. The second-order valence-corrected chi connectivity index (χ2v) is 10.6. The van der Waals surface area contributed by atoms with Crippen molar-refractivity contribution in [2.45, 2.75) is 50.6 Å². The number of nitrogens with zero attached hydrogens (tertiary/aromatic N) is 2. The number of hydrogen-bond donors (Lipinski definition) is 2. The molecule has 5 rings (SSSR count). The molecule has 1 aliphatic heterocycles. The minimum atomic E-state index is -4.90. The van der Waals surface area contributed by atoms with Gasteiger partial charge >= 0.3 is 12.1 Å². The summed E-state index contributed by atoms with van der Waals surface area (Å²) < 4.78 is 45.8. The number of nitrogens with one attached hydrogen (secondary N) is 1. The number of alkyl halides is 3. The summed E-state index contributed by atoms with van der Waals surface area (Å²) in [4.78, 5) is 42.6. The normalized spacial score (nSPS) is 20.0. The van der Waals surface area contributed by atoms with E-state index < -0.39 is 29.5 Å². The summed E-state index contributed by atoms with van der Waals surface area (Å²) >= 11 is 0. The van der Waals surface area contributed by atoms with Crippen molar-refractivity contribution in [1.82, 2.24) is 9.88 Å². The van der Waals surface area contributed by atoms with E-state index in [1.54, 1.807) is 42.5 Å². The summed E-state index contributed by atoms with van der Waals surface area (Å²) in [6, 6.07) is 15.0. The third-order valence-corrected chi connectivity index (χ3v) is 7.99. The van der Waals surface area contributed by atoms with Gasteiger partial charge in [0.1, 0.15) is 0 Å². The Hall–Kier alpha value is -4.15. The van der Waals surface area contributed by atoms with E-state index in [2.05, 4.69) is 10.3 Å². The Morgan fingerprint density at radius 3 is 2.07 bits per heavy atom. The topological polar surface area (TPSA) is 113 Å². The molecule has 11 heteroatoms. The summed E-state index contributed by atoms with van der Waals surface area (Å²) in [5.74, 6) is -3.73. The standard InChI is InChI=1S/C30H30F3N3O5/c31-30(32,33)25-24(35-27(41-25)20-4-2-1-3-5-20)26(37)34-23-12-10-18(11-13-23)19-14-16-36(17-15-19)28(38)21-6-8-22(9-7-21)29(39)40/h1-5,10-13,19,21-22H,6-9,14-17H2,(H,34,37)(H,39,40)/t21-,22+. The van der Waals surface area contributed by atoms with Crippen molar-refractivity contribution in [3.05, 3.63) is 71.6 Å². The molecule has 2 aliphatic rings. The van der Waals surface area contributed by atoms with Crippen LogP contribution in [0.1, 0.15) is 66.3 Å². The quantitative estimate of drug-likeness (QED) is 0.365. The molecular weight excluding hydrogens is 539 g/mol. The van der Waals surface area contributed by atoms with Gasteiger partial charge in [0.2, 0.25) is 17.6 Å². The number of hydrogen-bond acceptors (Lipinski definition) is 5. The summed E-state index contributed by atoms with van der Waals surface area (Å²) in [7, 11) is 0. The molecule has 2 N–H and O–H groups in total. The van der Waals surface area contributed by atoms with Crippen LogP contribution in [0, 0.1) is 11.8 Å². The Balaban J connectivity index is 1.18. The van der Waals surface area contributed by atoms with E-state index in [1.165, 1.54) is 0 Å². The van der Waals surface area contributed by atoms with Crippen LogP contribution < -0.4 is 5.32 Å². The van der Waals surface area contributed by atoms with Crippen LogP contribution in [-0.2, 0) is 15.8 Å². The molecule has 2 fully saturated rings. The first-order valence-corrected chi connectivity index (χ1v) is 13.7. The lowest BCUT2D eigenvalue weighted by atomic mass is 9.81. The molecule has 1 saturated heterocycles.